The van der Waals surface area contributed by atoms with Crippen molar-refractivity contribution in [1.29, 1.82) is 0 Å². The van der Waals surface area contributed by atoms with Crippen LogP contribution in [0.2, 0.25) is 0 Å². The molecule has 1 aromatic heterocycles. The van der Waals surface area contributed by atoms with Gasteiger partial charge in [-0.05, 0) is 20.3 Å². The molecule has 0 aromatic carbocycles. The van der Waals surface area contributed by atoms with Crippen LogP contribution in [-0.2, 0) is 16.0 Å². The Hall–Kier alpha value is -1.75. The number of esters is 1. The number of hydrogen-bond donors (Lipinski definition) is 0. The minimum Gasteiger partial charge on any atom is -0.463 e. The normalized spacial score (nSPS) is 11.8. The van der Waals surface area contributed by atoms with Gasteiger partial charge in [0.1, 0.15) is 0 Å². The molecule has 20 heavy (non-hydrogen) atoms. The number of aryl methyl sites for hydroxylation is 1. The molecule has 1 rings (SSSR count). The van der Waals surface area contributed by atoms with Crippen LogP contribution in [0.5, 0.6) is 0 Å². The van der Waals surface area contributed by atoms with Crippen LogP contribution in [0.1, 0.15) is 40.6 Å². The van der Waals surface area contributed by atoms with Gasteiger partial charge in [0.05, 0.1) is 22.2 Å². The summed E-state index contributed by atoms with van der Waals surface area (Å²) < 4.78 is 4.95. The van der Waals surface area contributed by atoms with Crippen LogP contribution < -0.4 is 0 Å². The third-order valence-electron chi connectivity index (χ3n) is 2.63. The highest BCUT2D eigenvalue weighted by atomic mass is 32.1. The van der Waals surface area contributed by atoms with E-state index in [1.54, 1.807) is 13.0 Å². The van der Waals surface area contributed by atoms with Crippen molar-refractivity contribution in [3.63, 3.8) is 0 Å². The van der Waals surface area contributed by atoms with Crippen LogP contribution in [0.4, 0.5) is 0 Å². The molecular formula is C15H19NO3S. The summed E-state index contributed by atoms with van der Waals surface area (Å²) in [5.41, 5.74) is 1.41. The Bertz CT molecular complexity index is 529. The van der Waals surface area contributed by atoms with Gasteiger partial charge in [0, 0.05) is 12.0 Å². The first kappa shape index (κ1) is 16.3. The summed E-state index contributed by atoms with van der Waals surface area (Å²) in [5.74, 6) is -0.270. The van der Waals surface area contributed by atoms with E-state index < -0.39 is 0 Å². The summed E-state index contributed by atoms with van der Waals surface area (Å²) in [4.78, 5) is 27.3. The minimum absolute atomic E-state index is 0.270. The second-order valence-electron chi connectivity index (χ2n) is 4.07. The quantitative estimate of drug-likeness (QED) is 0.335. The molecule has 0 spiro atoms. The predicted molar refractivity (Wildman–Crippen MR) is 80.1 cm³/mol. The number of nitrogens with zero attached hydrogens (tertiary/aromatic N) is 1. The van der Waals surface area contributed by atoms with E-state index >= 15 is 0 Å². The standard InChI is InChI=1S/C15H19NO3S/c1-4-12(15(18)19-5-2)8-6-7-9-14-16-11(3)13(10-17)20-14/h6-8,10H,4-5,9H2,1-3H3/b7-6-,12-8+. The Morgan fingerprint density at radius 2 is 2.15 bits per heavy atom. The van der Waals surface area contributed by atoms with E-state index in [1.165, 1.54) is 11.3 Å². The van der Waals surface area contributed by atoms with Crippen molar-refractivity contribution >= 4 is 23.6 Å². The average molecular weight is 293 g/mol. The van der Waals surface area contributed by atoms with E-state index in [0.717, 1.165) is 17.0 Å². The van der Waals surface area contributed by atoms with E-state index in [9.17, 15) is 9.59 Å². The lowest BCUT2D eigenvalue weighted by atomic mass is 10.2. The van der Waals surface area contributed by atoms with Gasteiger partial charge in [-0.15, -0.1) is 11.3 Å². The summed E-state index contributed by atoms with van der Waals surface area (Å²) in [7, 11) is 0. The van der Waals surface area contributed by atoms with Crippen molar-refractivity contribution in [1.82, 2.24) is 4.98 Å². The summed E-state index contributed by atoms with van der Waals surface area (Å²) in [5, 5.41) is 0.892. The topological polar surface area (TPSA) is 56.3 Å². The zero-order valence-corrected chi connectivity index (χ0v) is 12.8. The fraction of sp³-hybridized carbons (Fsp3) is 0.400. The Morgan fingerprint density at radius 3 is 2.70 bits per heavy atom. The molecular weight excluding hydrogens is 274 g/mol. The molecule has 0 amide bonds. The third-order valence-corrected chi connectivity index (χ3v) is 3.73. The first-order valence-electron chi connectivity index (χ1n) is 6.56. The monoisotopic (exact) mass is 293 g/mol. The number of aldehydes is 1. The smallest absolute Gasteiger partial charge is 0.333 e. The average Bonchev–Trinajstić information content (AvgIpc) is 2.79. The SMILES string of the molecule is CCOC(=O)/C(=C/C=C\Cc1nc(C)c(C=O)s1)CC. The maximum Gasteiger partial charge on any atom is 0.333 e. The number of allylic oxidation sites excluding steroid dienone is 3. The van der Waals surface area contributed by atoms with Crippen molar-refractivity contribution in [3.05, 3.63) is 39.4 Å². The molecule has 0 aliphatic carbocycles. The fourth-order valence-corrected chi connectivity index (χ4v) is 2.43. The van der Waals surface area contributed by atoms with E-state index in [2.05, 4.69) is 4.98 Å². The van der Waals surface area contributed by atoms with Crippen LogP contribution in [-0.4, -0.2) is 23.8 Å². The van der Waals surface area contributed by atoms with Crippen molar-refractivity contribution in [2.45, 2.75) is 33.6 Å². The van der Waals surface area contributed by atoms with Gasteiger partial charge in [-0.1, -0.05) is 25.2 Å². The van der Waals surface area contributed by atoms with Crippen LogP contribution in [0, 0.1) is 6.92 Å². The van der Waals surface area contributed by atoms with E-state index in [0.29, 0.717) is 29.9 Å². The third kappa shape index (κ3) is 4.74. The van der Waals surface area contributed by atoms with Crippen LogP contribution in [0.25, 0.3) is 0 Å². The zero-order chi connectivity index (χ0) is 15.0. The number of hydrogen-bond acceptors (Lipinski definition) is 5. The zero-order valence-electron chi connectivity index (χ0n) is 12.0. The molecule has 1 aromatic rings. The van der Waals surface area contributed by atoms with E-state index in [4.69, 9.17) is 4.74 Å². The summed E-state index contributed by atoms with van der Waals surface area (Å²) in [6.45, 7) is 5.91. The Balaban J connectivity index is 2.63. The summed E-state index contributed by atoms with van der Waals surface area (Å²) >= 11 is 1.40. The first-order chi connectivity index (χ1) is 9.62. The number of ether oxygens (including phenoxy) is 1. The van der Waals surface area contributed by atoms with Gasteiger partial charge in [-0.3, -0.25) is 4.79 Å². The number of thiazole rings is 1. The predicted octanol–water partition coefficient (Wildman–Crippen LogP) is 3.26. The Morgan fingerprint density at radius 1 is 1.40 bits per heavy atom. The van der Waals surface area contributed by atoms with Crippen LogP contribution in [0.3, 0.4) is 0 Å². The second kappa shape index (κ2) is 8.43. The van der Waals surface area contributed by atoms with Gasteiger partial charge in [0.2, 0.25) is 0 Å². The molecule has 0 aliphatic rings. The van der Waals surface area contributed by atoms with Crippen LogP contribution >= 0.6 is 11.3 Å². The molecule has 0 radical (unpaired) electrons. The Labute approximate surface area is 123 Å². The maximum atomic E-state index is 11.6. The minimum atomic E-state index is -0.270. The molecule has 0 saturated heterocycles. The Kier molecular flexibility index (Phi) is 6.87. The van der Waals surface area contributed by atoms with E-state index in [1.807, 2.05) is 26.0 Å². The number of rotatable bonds is 7. The summed E-state index contributed by atoms with van der Waals surface area (Å²) in [6.07, 6.45) is 7.62. The summed E-state index contributed by atoms with van der Waals surface area (Å²) in [6, 6.07) is 0. The van der Waals surface area contributed by atoms with Crippen molar-refractivity contribution < 1.29 is 14.3 Å². The molecule has 108 valence electrons. The lowest BCUT2D eigenvalue weighted by Gasteiger charge is -2.02. The van der Waals surface area contributed by atoms with Crippen molar-refractivity contribution in [2.75, 3.05) is 6.61 Å². The molecule has 0 atom stereocenters. The fourth-order valence-electron chi connectivity index (χ4n) is 1.57. The molecule has 0 unspecified atom stereocenters. The van der Waals surface area contributed by atoms with Crippen LogP contribution in [0.15, 0.2) is 23.8 Å². The highest BCUT2D eigenvalue weighted by Gasteiger charge is 2.06. The second-order valence-corrected chi connectivity index (χ2v) is 5.19. The molecule has 0 aliphatic heterocycles. The molecule has 1 heterocycles. The lowest BCUT2D eigenvalue weighted by Crippen LogP contribution is -2.06. The van der Waals surface area contributed by atoms with E-state index in [-0.39, 0.29) is 5.97 Å². The molecule has 5 heteroatoms. The van der Waals surface area contributed by atoms with Gasteiger partial charge < -0.3 is 4.74 Å². The lowest BCUT2D eigenvalue weighted by molar-refractivity contribution is -0.138. The van der Waals surface area contributed by atoms with Crippen molar-refractivity contribution in [3.8, 4) is 0 Å². The molecule has 4 nitrogen and oxygen atoms in total. The first-order valence-corrected chi connectivity index (χ1v) is 7.38. The van der Waals surface area contributed by atoms with Gasteiger partial charge in [-0.2, -0.15) is 0 Å². The van der Waals surface area contributed by atoms with Crippen molar-refractivity contribution in [2.24, 2.45) is 0 Å². The number of carbonyl (C=O) groups excluding carboxylic acids is 2. The number of aromatic nitrogens is 1. The van der Waals surface area contributed by atoms with Gasteiger partial charge in [-0.25, -0.2) is 9.78 Å². The van der Waals surface area contributed by atoms with Gasteiger partial charge in [0.15, 0.2) is 6.29 Å². The highest BCUT2D eigenvalue weighted by Crippen LogP contribution is 2.16. The highest BCUT2D eigenvalue weighted by molar-refractivity contribution is 7.13. The maximum absolute atomic E-state index is 11.6. The molecule has 0 saturated carbocycles. The number of carbonyl (C=O) groups is 2. The van der Waals surface area contributed by atoms with Gasteiger partial charge >= 0.3 is 5.97 Å². The van der Waals surface area contributed by atoms with Gasteiger partial charge in [0.25, 0.3) is 0 Å². The molecule has 0 N–H and O–H groups in total. The molecule has 0 fully saturated rings. The largest absolute Gasteiger partial charge is 0.463 e. The molecule has 0 bridgehead atoms.